The summed E-state index contributed by atoms with van der Waals surface area (Å²) in [5, 5.41) is 37.8. The van der Waals surface area contributed by atoms with Crippen LogP contribution in [0.5, 0.6) is 0 Å². The topological polar surface area (TPSA) is 74.4 Å². The molecule has 0 atom stereocenters. The van der Waals surface area contributed by atoms with Crippen molar-refractivity contribution in [2.24, 2.45) is 0 Å². The number of nitriles is 2. The molecule has 0 bridgehead atoms. The van der Waals surface area contributed by atoms with Crippen molar-refractivity contribution in [2.75, 3.05) is 5.32 Å². The fourth-order valence-corrected chi connectivity index (χ4v) is 14.2. The van der Waals surface area contributed by atoms with Gasteiger partial charge in [-0.05, 0) is 104 Å². The van der Waals surface area contributed by atoms with Crippen LogP contribution in [0.2, 0.25) is 0 Å². The predicted octanol–water partition coefficient (Wildman–Crippen LogP) is 20.1. The molecule has 4 heterocycles. The summed E-state index contributed by atoms with van der Waals surface area (Å²) in [6.45, 7) is 15.4. The third-order valence-corrected chi connectivity index (χ3v) is 17.8. The summed E-state index contributed by atoms with van der Waals surface area (Å²) < 4.78 is 9.32. The van der Waals surface area contributed by atoms with Gasteiger partial charge in [0, 0.05) is 63.6 Å². The van der Waals surface area contributed by atoms with Gasteiger partial charge < -0.3 is 19.0 Å². The van der Waals surface area contributed by atoms with E-state index < -0.39 is 0 Å². The Labute approximate surface area is 473 Å². The van der Waals surface area contributed by atoms with Crippen molar-refractivity contribution in [2.45, 2.75) is 57.6 Å². The van der Waals surface area contributed by atoms with E-state index in [2.05, 4.69) is 273 Å². The molecular weight excluding hydrogens is 1010 g/mol. The van der Waals surface area contributed by atoms with Gasteiger partial charge in [-0.2, -0.15) is 10.5 Å². The van der Waals surface area contributed by atoms with E-state index in [1.807, 2.05) is 11.8 Å². The van der Waals surface area contributed by atoms with Gasteiger partial charge in [0.2, 0.25) is 0 Å². The van der Waals surface area contributed by atoms with Gasteiger partial charge in [-0.15, -0.1) is 23.1 Å². The Balaban J connectivity index is 1.20. The second-order valence-electron chi connectivity index (χ2n) is 20.8. The van der Waals surface area contributed by atoms with E-state index in [1.165, 1.54) is 20.5 Å². The first-order valence-electron chi connectivity index (χ1n) is 27.3. The molecule has 0 fully saturated rings. The molecule has 9 aromatic carbocycles. The number of anilines is 1. The van der Waals surface area contributed by atoms with Gasteiger partial charge in [-0.25, -0.2) is 0 Å². The van der Waals surface area contributed by atoms with Crippen molar-refractivity contribution in [1.29, 1.82) is 10.5 Å². The Morgan fingerprint density at radius 2 is 1.10 bits per heavy atom. The maximum atomic E-state index is 12.4. The predicted molar refractivity (Wildman–Crippen MR) is 343 cm³/mol. The van der Waals surface area contributed by atoms with Crippen LogP contribution in [0.25, 0.3) is 108 Å². The Bertz CT molecular complexity index is 4640. The molecule has 0 saturated heterocycles. The van der Waals surface area contributed by atoms with E-state index in [4.69, 9.17) is 0 Å². The van der Waals surface area contributed by atoms with Crippen LogP contribution in [0.1, 0.15) is 61.4 Å². The highest BCUT2D eigenvalue weighted by molar-refractivity contribution is 8.00. The molecule has 0 spiro atoms. The third kappa shape index (κ3) is 8.14. The van der Waals surface area contributed by atoms with Crippen LogP contribution in [-0.2, 0) is 0 Å². The lowest BCUT2D eigenvalue weighted by Crippen LogP contribution is -2.16. The minimum absolute atomic E-state index is 0.342. The molecular formula is C72H56N6S2. The number of para-hydroxylation sites is 4. The minimum Gasteiger partial charge on any atom is -0.353 e. The highest BCUT2D eigenvalue weighted by atomic mass is 32.2. The standard InChI is InChI=1S/C72H56N6S2/c1-7-8-24-48(25-10-9-23-45(4)49-26-15-21-36-65(49)79-44(2)3)75-67-58(42-73)68(76-60-32-17-11-27-50(60)51-28-12-18-33-61(51)76)71(69(59(67)43-74)77-62-34-19-13-29-52(62)53-30-14-20-35-63(53)77)78-64-41-47(6)46(5)40-57(64)55-38-39-56-54-31-16-22-37-66(54)80-72(56)70(55)78/h8-9,11-41,44,75H,4,7,10H2,1-3,5-6H3/b23-9-,24-8-,48-25-. The quantitative estimate of drug-likeness (QED) is 0.0922. The summed E-state index contributed by atoms with van der Waals surface area (Å²) in [7, 11) is 0. The first-order valence-corrected chi connectivity index (χ1v) is 29.0. The second-order valence-corrected chi connectivity index (χ2v) is 23.5. The lowest BCUT2D eigenvalue weighted by molar-refractivity contribution is 1.04. The average Bonchev–Trinajstić information content (AvgIpc) is 2.80. The second kappa shape index (κ2) is 20.5. The number of hydrogen-bond acceptors (Lipinski definition) is 5. The van der Waals surface area contributed by atoms with Gasteiger partial charge in [0.05, 0.1) is 60.5 Å². The molecule has 0 amide bonds. The zero-order chi connectivity index (χ0) is 54.8. The first kappa shape index (κ1) is 50.2. The number of thioether (sulfide) groups is 1. The number of nitrogens with zero attached hydrogens (tertiary/aromatic N) is 5. The minimum atomic E-state index is 0.342. The van der Waals surface area contributed by atoms with Crippen molar-refractivity contribution in [3.8, 4) is 29.2 Å². The fourth-order valence-electron chi connectivity index (χ4n) is 11.9. The summed E-state index contributed by atoms with van der Waals surface area (Å²) in [5.74, 6) is 0. The molecule has 80 heavy (non-hydrogen) atoms. The number of aryl methyl sites for hydroxylation is 2. The molecule has 0 saturated carbocycles. The van der Waals surface area contributed by atoms with Gasteiger partial charge in [0.15, 0.2) is 0 Å². The van der Waals surface area contributed by atoms with Crippen LogP contribution in [0, 0.1) is 36.5 Å². The summed E-state index contributed by atoms with van der Waals surface area (Å²) >= 11 is 3.62. The zero-order valence-electron chi connectivity index (χ0n) is 45.3. The van der Waals surface area contributed by atoms with Crippen LogP contribution < -0.4 is 5.32 Å². The van der Waals surface area contributed by atoms with Crippen LogP contribution in [0.4, 0.5) is 5.69 Å². The monoisotopic (exact) mass is 1070 g/mol. The van der Waals surface area contributed by atoms with E-state index in [0.717, 1.165) is 110 Å². The van der Waals surface area contributed by atoms with Crippen molar-refractivity contribution in [3.63, 3.8) is 0 Å². The van der Waals surface area contributed by atoms with Gasteiger partial charge in [0.25, 0.3) is 0 Å². The van der Waals surface area contributed by atoms with E-state index in [0.29, 0.717) is 39.9 Å². The first-order chi connectivity index (χ1) is 39.2. The molecule has 13 rings (SSSR count). The molecule has 6 nitrogen and oxygen atoms in total. The molecule has 0 radical (unpaired) electrons. The Kier molecular flexibility index (Phi) is 12.9. The number of allylic oxidation sites excluding steroid dienone is 6. The zero-order valence-corrected chi connectivity index (χ0v) is 46.9. The van der Waals surface area contributed by atoms with Gasteiger partial charge in [-0.3, -0.25) is 0 Å². The highest BCUT2D eigenvalue weighted by Crippen LogP contribution is 2.51. The van der Waals surface area contributed by atoms with Crippen molar-refractivity contribution < 1.29 is 0 Å². The SMILES string of the molecule is C=C(/C=C\C/C=C(/C=C\CC)Nc1c(C#N)c(-n2c3ccccc3c3ccccc32)c(-n2c3cc(C)c(C)cc3c3ccc4c5ccccc5sc4c32)c(-n2c3ccccc3c3ccccc32)c1C#N)c1ccccc1SC(C)C. The van der Waals surface area contributed by atoms with Crippen LogP contribution in [0.3, 0.4) is 0 Å². The number of aromatic nitrogens is 3. The maximum absolute atomic E-state index is 12.4. The molecule has 0 unspecified atom stereocenters. The van der Waals surface area contributed by atoms with Gasteiger partial charge in [-0.1, -0.05) is 173 Å². The Hall–Kier alpha value is -9.31. The van der Waals surface area contributed by atoms with Gasteiger partial charge in [0.1, 0.15) is 23.3 Å². The molecule has 386 valence electrons. The molecule has 1 N–H and O–H groups in total. The molecule has 8 heteroatoms. The number of thiophene rings is 1. The molecule has 4 aromatic heterocycles. The lowest BCUT2D eigenvalue weighted by Gasteiger charge is -2.27. The number of rotatable bonds is 13. The maximum Gasteiger partial charge on any atom is 0.104 e. The third-order valence-electron chi connectivity index (χ3n) is 15.6. The van der Waals surface area contributed by atoms with Crippen LogP contribution in [0.15, 0.2) is 217 Å². The fraction of sp³-hybridized carbons (Fsp3) is 0.111. The number of hydrogen-bond donors (Lipinski definition) is 1. The summed E-state index contributed by atoms with van der Waals surface area (Å²) in [6.07, 6.45) is 11.9. The Morgan fingerprint density at radius 3 is 1.68 bits per heavy atom. The van der Waals surface area contributed by atoms with Crippen molar-refractivity contribution in [1.82, 2.24) is 13.7 Å². The number of nitrogens with one attached hydrogen (secondary N) is 1. The summed E-state index contributed by atoms with van der Waals surface area (Å²) in [6, 6.07) is 65.9. The van der Waals surface area contributed by atoms with Crippen LogP contribution in [-0.4, -0.2) is 19.0 Å². The lowest BCUT2D eigenvalue weighted by atomic mass is 9.98. The molecule has 0 aliphatic rings. The van der Waals surface area contributed by atoms with Crippen molar-refractivity contribution >= 4 is 120 Å². The van der Waals surface area contributed by atoms with E-state index in [-0.39, 0.29) is 0 Å². The summed E-state index contributed by atoms with van der Waals surface area (Å²) in [4.78, 5) is 1.20. The number of benzene rings is 9. The largest absolute Gasteiger partial charge is 0.353 e. The summed E-state index contributed by atoms with van der Waals surface area (Å²) in [5.41, 5.74) is 14.0. The normalized spacial score (nSPS) is 12.3. The molecule has 13 aromatic rings. The number of fused-ring (bicyclic) bond motifs is 13. The van der Waals surface area contributed by atoms with E-state index in [1.54, 1.807) is 11.3 Å². The molecule has 0 aliphatic carbocycles. The Morgan fingerprint density at radius 1 is 0.575 bits per heavy atom. The van der Waals surface area contributed by atoms with E-state index in [9.17, 15) is 10.5 Å². The van der Waals surface area contributed by atoms with Crippen LogP contribution >= 0.6 is 23.1 Å². The smallest absolute Gasteiger partial charge is 0.104 e. The highest BCUT2D eigenvalue weighted by Gasteiger charge is 2.34. The average molecular weight is 1070 g/mol. The van der Waals surface area contributed by atoms with Gasteiger partial charge >= 0.3 is 0 Å². The molecule has 0 aliphatic heterocycles. The van der Waals surface area contributed by atoms with Crippen molar-refractivity contribution in [3.05, 3.63) is 240 Å². The van der Waals surface area contributed by atoms with E-state index >= 15 is 0 Å².